The minimum atomic E-state index is -1.06. The monoisotopic (exact) mass is 266 g/mol. The van der Waals surface area contributed by atoms with Crippen LogP contribution in [0.5, 0.6) is 0 Å². The van der Waals surface area contributed by atoms with E-state index in [1.54, 1.807) is 13.2 Å². The summed E-state index contributed by atoms with van der Waals surface area (Å²) >= 11 is 0. The minimum absolute atomic E-state index is 0.234. The summed E-state index contributed by atoms with van der Waals surface area (Å²) in [7, 11) is 1.64. The summed E-state index contributed by atoms with van der Waals surface area (Å²) in [6.07, 6.45) is 1.96. The predicted octanol–water partition coefficient (Wildman–Crippen LogP) is 2.70. The maximum Gasteiger partial charge on any atom is 0.183 e. The van der Waals surface area contributed by atoms with Gasteiger partial charge in [0.2, 0.25) is 0 Å². The largest absolute Gasteiger partial charge is 0.384 e. The zero-order valence-electron chi connectivity index (χ0n) is 10.8. The van der Waals surface area contributed by atoms with E-state index >= 15 is 0 Å². The molecule has 0 radical (unpaired) electrons. The van der Waals surface area contributed by atoms with Crippen molar-refractivity contribution >= 4 is 5.69 Å². The van der Waals surface area contributed by atoms with Gasteiger partial charge >= 0.3 is 0 Å². The summed E-state index contributed by atoms with van der Waals surface area (Å²) < 4.78 is 32.7. The third-order valence-corrected chi connectivity index (χ3v) is 3.44. The van der Waals surface area contributed by atoms with Crippen molar-refractivity contribution in [2.75, 3.05) is 31.7 Å². The van der Waals surface area contributed by atoms with Gasteiger partial charge in [0.05, 0.1) is 17.9 Å². The lowest BCUT2D eigenvalue weighted by Crippen LogP contribution is -2.37. The molecular weight excluding hydrogens is 250 g/mol. The Hall–Kier alpha value is -1.67. The van der Waals surface area contributed by atoms with Gasteiger partial charge in [-0.05, 0) is 30.9 Å². The van der Waals surface area contributed by atoms with Gasteiger partial charge in [-0.2, -0.15) is 5.26 Å². The molecule has 1 aromatic rings. The lowest BCUT2D eigenvalue weighted by molar-refractivity contribution is 0.143. The molecule has 0 N–H and O–H groups in total. The Bertz CT molecular complexity index is 497. The van der Waals surface area contributed by atoms with Gasteiger partial charge in [0, 0.05) is 20.2 Å². The number of nitrogens with zero attached hydrogens (tertiary/aromatic N) is 2. The fourth-order valence-electron chi connectivity index (χ4n) is 2.53. The molecule has 1 atom stereocenters. The Morgan fingerprint density at radius 2 is 2.21 bits per heavy atom. The second kappa shape index (κ2) is 5.98. The zero-order valence-corrected chi connectivity index (χ0v) is 10.8. The van der Waals surface area contributed by atoms with E-state index in [0.717, 1.165) is 12.8 Å². The van der Waals surface area contributed by atoms with Crippen molar-refractivity contribution in [2.24, 2.45) is 5.92 Å². The van der Waals surface area contributed by atoms with Crippen LogP contribution in [0.15, 0.2) is 12.1 Å². The van der Waals surface area contributed by atoms with Gasteiger partial charge in [-0.15, -0.1) is 0 Å². The Labute approximate surface area is 111 Å². The molecule has 1 fully saturated rings. The summed E-state index contributed by atoms with van der Waals surface area (Å²) in [6.45, 7) is 1.97. The van der Waals surface area contributed by atoms with Crippen LogP contribution >= 0.6 is 0 Å². The molecule has 5 heteroatoms. The number of methoxy groups -OCH3 is 1. The van der Waals surface area contributed by atoms with Crippen LogP contribution in [0.4, 0.5) is 14.5 Å². The van der Waals surface area contributed by atoms with Crippen molar-refractivity contribution in [1.82, 2.24) is 0 Å². The molecule has 0 saturated carbocycles. The van der Waals surface area contributed by atoms with E-state index in [9.17, 15) is 8.78 Å². The molecule has 0 aromatic heterocycles. The van der Waals surface area contributed by atoms with E-state index in [0.29, 0.717) is 25.6 Å². The molecule has 1 aliphatic heterocycles. The number of anilines is 1. The fraction of sp³-hybridized carbons (Fsp3) is 0.500. The lowest BCUT2D eigenvalue weighted by Gasteiger charge is -2.34. The van der Waals surface area contributed by atoms with Crippen LogP contribution in [-0.2, 0) is 4.74 Å². The van der Waals surface area contributed by atoms with E-state index < -0.39 is 11.6 Å². The molecule has 1 aromatic carbocycles. The average molecular weight is 266 g/mol. The molecule has 1 unspecified atom stereocenters. The van der Waals surface area contributed by atoms with E-state index in [2.05, 4.69) is 0 Å². The Balaban J connectivity index is 2.22. The minimum Gasteiger partial charge on any atom is -0.384 e. The first kappa shape index (κ1) is 13.8. The van der Waals surface area contributed by atoms with Crippen LogP contribution in [0.1, 0.15) is 18.4 Å². The summed E-state index contributed by atoms with van der Waals surface area (Å²) in [4.78, 5) is 1.83. The second-order valence-corrected chi connectivity index (χ2v) is 4.78. The standard InChI is InChI=1S/C14H16F2N2O/c1-19-9-10-3-2-6-18(8-10)12-5-4-11(7-17)13(15)14(12)16/h4-5,10H,2-3,6,8-9H2,1H3. The van der Waals surface area contributed by atoms with E-state index in [1.165, 1.54) is 12.1 Å². The lowest BCUT2D eigenvalue weighted by atomic mass is 9.98. The quantitative estimate of drug-likeness (QED) is 0.844. The first-order chi connectivity index (χ1) is 9.17. The Morgan fingerprint density at radius 3 is 2.89 bits per heavy atom. The van der Waals surface area contributed by atoms with Crippen molar-refractivity contribution in [2.45, 2.75) is 12.8 Å². The number of nitriles is 1. The number of benzene rings is 1. The van der Waals surface area contributed by atoms with Gasteiger partial charge in [-0.25, -0.2) is 8.78 Å². The van der Waals surface area contributed by atoms with Crippen molar-refractivity contribution in [3.8, 4) is 6.07 Å². The van der Waals surface area contributed by atoms with Crippen molar-refractivity contribution in [3.05, 3.63) is 29.3 Å². The van der Waals surface area contributed by atoms with E-state index in [4.69, 9.17) is 10.00 Å². The summed E-state index contributed by atoms with van der Waals surface area (Å²) in [6, 6.07) is 4.45. The smallest absolute Gasteiger partial charge is 0.183 e. The van der Waals surface area contributed by atoms with Crippen LogP contribution in [0.25, 0.3) is 0 Å². The highest BCUT2D eigenvalue weighted by Crippen LogP contribution is 2.28. The van der Waals surface area contributed by atoms with Gasteiger partial charge in [-0.3, -0.25) is 0 Å². The molecule has 2 rings (SSSR count). The number of hydrogen-bond donors (Lipinski definition) is 0. The average Bonchev–Trinajstić information content (AvgIpc) is 2.42. The zero-order chi connectivity index (χ0) is 13.8. The maximum absolute atomic E-state index is 13.9. The van der Waals surface area contributed by atoms with Crippen molar-refractivity contribution in [3.63, 3.8) is 0 Å². The number of hydrogen-bond acceptors (Lipinski definition) is 3. The van der Waals surface area contributed by atoms with Crippen LogP contribution in [0.2, 0.25) is 0 Å². The molecule has 1 aliphatic rings. The molecular formula is C14H16F2N2O. The van der Waals surface area contributed by atoms with Crippen LogP contribution in [-0.4, -0.2) is 26.8 Å². The molecule has 0 spiro atoms. The normalized spacial score (nSPS) is 19.3. The topological polar surface area (TPSA) is 36.3 Å². The van der Waals surface area contributed by atoms with Gasteiger partial charge in [0.1, 0.15) is 6.07 Å². The molecule has 19 heavy (non-hydrogen) atoms. The molecule has 3 nitrogen and oxygen atoms in total. The fourth-order valence-corrected chi connectivity index (χ4v) is 2.53. The number of ether oxygens (including phenoxy) is 1. The van der Waals surface area contributed by atoms with Crippen LogP contribution < -0.4 is 4.90 Å². The predicted molar refractivity (Wildman–Crippen MR) is 67.9 cm³/mol. The van der Waals surface area contributed by atoms with E-state index in [-0.39, 0.29) is 11.3 Å². The third-order valence-electron chi connectivity index (χ3n) is 3.44. The molecule has 0 amide bonds. The molecule has 0 bridgehead atoms. The van der Waals surface area contributed by atoms with Crippen molar-refractivity contribution < 1.29 is 13.5 Å². The summed E-state index contributed by atoms with van der Waals surface area (Å²) in [5.74, 6) is -1.66. The summed E-state index contributed by atoms with van der Waals surface area (Å²) in [5, 5.41) is 8.67. The highest BCUT2D eigenvalue weighted by molar-refractivity contribution is 5.52. The first-order valence-electron chi connectivity index (χ1n) is 6.29. The van der Waals surface area contributed by atoms with E-state index in [1.807, 2.05) is 4.90 Å². The summed E-state index contributed by atoms with van der Waals surface area (Å²) in [5.41, 5.74) is -0.0241. The third kappa shape index (κ3) is 2.85. The van der Waals surface area contributed by atoms with Gasteiger partial charge < -0.3 is 9.64 Å². The number of rotatable bonds is 3. The molecule has 0 aliphatic carbocycles. The number of piperidine rings is 1. The number of halogens is 2. The molecule has 1 heterocycles. The SMILES string of the molecule is COCC1CCCN(c2ccc(C#N)c(F)c2F)C1. The van der Waals surface area contributed by atoms with Crippen molar-refractivity contribution in [1.29, 1.82) is 5.26 Å². The highest BCUT2D eigenvalue weighted by Gasteiger charge is 2.24. The van der Waals surface area contributed by atoms with Crippen LogP contribution in [0.3, 0.4) is 0 Å². The van der Waals surface area contributed by atoms with Gasteiger partial charge in [-0.1, -0.05) is 0 Å². The second-order valence-electron chi connectivity index (χ2n) is 4.78. The van der Waals surface area contributed by atoms with Gasteiger partial charge in [0.25, 0.3) is 0 Å². The molecule has 102 valence electrons. The molecule has 1 saturated heterocycles. The maximum atomic E-state index is 13.9. The highest BCUT2D eigenvalue weighted by atomic mass is 19.2. The first-order valence-corrected chi connectivity index (χ1v) is 6.29. The Kier molecular flexibility index (Phi) is 4.33. The van der Waals surface area contributed by atoms with Crippen LogP contribution in [0, 0.1) is 28.9 Å². The Morgan fingerprint density at radius 1 is 1.42 bits per heavy atom. The van der Waals surface area contributed by atoms with Gasteiger partial charge in [0.15, 0.2) is 11.6 Å².